The molecule has 0 amide bonds. The first-order valence-corrected chi connectivity index (χ1v) is 8.86. The Morgan fingerprint density at radius 3 is 1.88 bits per heavy atom. The third kappa shape index (κ3) is 3.66. The van der Waals surface area contributed by atoms with Crippen molar-refractivity contribution in [1.29, 1.82) is 0 Å². The molecule has 1 fully saturated rings. The van der Waals surface area contributed by atoms with Crippen molar-refractivity contribution in [2.75, 3.05) is 6.61 Å². The smallest absolute Gasteiger partial charge is 0.315 e. The molecule has 0 heterocycles. The van der Waals surface area contributed by atoms with Gasteiger partial charge in [-0.2, -0.15) is 0 Å². The number of rotatable bonds is 3. The van der Waals surface area contributed by atoms with Gasteiger partial charge >= 0.3 is 5.97 Å². The minimum Gasteiger partial charge on any atom is -0.426 e. The highest BCUT2D eigenvalue weighted by Gasteiger charge is 2.52. The van der Waals surface area contributed by atoms with E-state index in [1.54, 1.807) is 0 Å². The normalized spacial score (nSPS) is 24.0. The quantitative estimate of drug-likeness (QED) is 0.660. The van der Waals surface area contributed by atoms with Gasteiger partial charge in [-0.05, 0) is 29.6 Å². The van der Waals surface area contributed by atoms with Crippen molar-refractivity contribution in [1.82, 2.24) is 0 Å². The van der Waals surface area contributed by atoms with Crippen LogP contribution >= 0.6 is 0 Å². The molecule has 1 N–H and O–H groups in total. The summed E-state index contributed by atoms with van der Waals surface area (Å²) >= 11 is 0. The zero-order chi connectivity index (χ0) is 18.4. The second-order valence-corrected chi connectivity index (χ2v) is 9.34. The lowest BCUT2D eigenvalue weighted by Gasteiger charge is -2.29. The average Bonchev–Trinajstić information content (AvgIpc) is 3.08. The standard InChI is InChI=1S/C21H32O3/c1-12-9-15(20(3,4)5)18(16(10-12)21(6,7)8)24-19(23)17-13(2)14(17)11-22/h9-10,13-14,17,22H,11H2,1-8H3. The number of aliphatic hydroxyl groups is 1. The monoisotopic (exact) mass is 332 g/mol. The molecule has 0 radical (unpaired) electrons. The Morgan fingerprint density at radius 2 is 1.54 bits per heavy atom. The summed E-state index contributed by atoms with van der Waals surface area (Å²) < 4.78 is 5.96. The largest absolute Gasteiger partial charge is 0.426 e. The fraction of sp³-hybridized carbons (Fsp3) is 0.667. The van der Waals surface area contributed by atoms with Gasteiger partial charge in [0.2, 0.25) is 0 Å². The summed E-state index contributed by atoms with van der Waals surface area (Å²) in [5.74, 6) is 0.558. The van der Waals surface area contributed by atoms with Gasteiger partial charge in [-0.3, -0.25) is 4.79 Å². The summed E-state index contributed by atoms with van der Waals surface area (Å²) in [6.45, 7) is 17.0. The fourth-order valence-electron chi connectivity index (χ4n) is 3.38. The Kier molecular flexibility index (Phi) is 4.89. The first kappa shape index (κ1) is 19.0. The third-order valence-corrected chi connectivity index (χ3v) is 5.10. The third-order valence-electron chi connectivity index (χ3n) is 5.10. The molecule has 3 heteroatoms. The molecule has 0 aromatic heterocycles. The average molecular weight is 332 g/mol. The van der Waals surface area contributed by atoms with Crippen molar-refractivity contribution in [3.8, 4) is 5.75 Å². The van der Waals surface area contributed by atoms with E-state index in [9.17, 15) is 9.90 Å². The Hall–Kier alpha value is -1.35. The summed E-state index contributed by atoms with van der Waals surface area (Å²) in [4.78, 5) is 12.7. The van der Waals surface area contributed by atoms with E-state index in [-0.39, 0.29) is 41.2 Å². The summed E-state index contributed by atoms with van der Waals surface area (Å²) in [6, 6.07) is 4.25. The number of hydrogen-bond donors (Lipinski definition) is 1. The maximum Gasteiger partial charge on any atom is 0.315 e. The topological polar surface area (TPSA) is 46.5 Å². The Morgan fingerprint density at radius 1 is 1.08 bits per heavy atom. The summed E-state index contributed by atoms with van der Waals surface area (Å²) in [7, 11) is 0. The Balaban J connectivity index is 2.48. The van der Waals surface area contributed by atoms with Crippen LogP contribution in [0.15, 0.2) is 12.1 Å². The lowest BCUT2D eigenvalue weighted by molar-refractivity contribution is -0.136. The van der Waals surface area contributed by atoms with Crippen LogP contribution in [-0.2, 0) is 15.6 Å². The van der Waals surface area contributed by atoms with Gasteiger partial charge in [0.25, 0.3) is 0 Å². The van der Waals surface area contributed by atoms with Gasteiger partial charge < -0.3 is 9.84 Å². The van der Waals surface area contributed by atoms with E-state index in [2.05, 4.69) is 60.6 Å². The van der Waals surface area contributed by atoms with Crippen molar-refractivity contribution in [2.24, 2.45) is 17.8 Å². The lowest BCUT2D eigenvalue weighted by Crippen LogP contribution is -2.23. The second kappa shape index (κ2) is 6.18. The van der Waals surface area contributed by atoms with Gasteiger partial charge in [-0.15, -0.1) is 0 Å². The van der Waals surface area contributed by atoms with Crippen LogP contribution < -0.4 is 4.74 Å². The molecule has 0 saturated heterocycles. The van der Waals surface area contributed by atoms with E-state index in [4.69, 9.17) is 4.74 Å². The molecule has 3 nitrogen and oxygen atoms in total. The zero-order valence-electron chi connectivity index (χ0n) is 16.4. The molecule has 3 atom stereocenters. The minimum atomic E-state index is -0.207. The number of ether oxygens (including phenoxy) is 1. The van der Waals surface area contributed by atoms with Crippen molar-refractivity contribution in [3.63, 3.8) is 0 Å². The number of esters is 1. The van der Waals surface area contributed by atoms with E-state index >= 15 is 0 Å². The SMILES string of the molecule is Cc1cc(C(C)(C)C)c(OC(=O)C2C(C)C2CO)c(C(C)(C)C)c1. The van der Waals surface area contributed by atoms with Gasteiger partial charge in [-0.1, -0.05) is 66.2 Å². The lowest BCUT2D eigenvalue weighted by atomic mass is 9.78. The number of hydrogen-bond acceptors (Lipinski definition) is 3. The van der Waals surface area contributed by atoms with Crippen molar-refractivity contribution in [2.45, 2.75) is 66.2 Å². The highest BCUT2D eigenvalue weighted by atomic mass is 16.5. The highest BCUT2D eigenvalue weighted by molar-refractivity contribution is 5.80. The van der Waals surface area contributed by atoms with E-state index in [1.807, 2.05) is 6.92 Å². The van der Waals surface area contributed by atoms with Gasteiger partial charge in [-0.25, -0.2) is 0 Å². The molecular formula is C21H32O3. The Bertz CT molecular complexity index is 596. The van der Waals surface area contributed by atoms with Gasteiger partial charge in [0.1, 0.15) is 5.75 Å². The van der Waals surface area contributed by atoms with Crippen LogP contribution in [0.3, 0.4) is 0 Å². The van der Waals surface area contributed by atoms with E-state index in [0.29, 0.717) is 5.75 Å². The highest BCUT2D eigenvalue weighted by Crippen LogP contribution is 2.48. The Labute approximate surface area is 146 Å². The number of carbonyl (C=O) groups excluding carboxylic acids is 1. The number of aliphatic hydroxyl groups excluding tert-OH is 1. The summed E-state index contributed by atoms with van der Waals surface area (Å²) in [5.41, 5.74) is 3.07. The number of carbonyl (C=O) groups is 1. The molecule has 134 valence electrons. The molecule has 0 spiro atoms. The van der Waals surface area contributed by atoms with Crippen molar-refractivity contribution < 1.29 is 14.6 Å². The fourth-order valence-corrected chi connectivity index (χ4v) is 3.38. The number of aryl methyl sites for hydroxylation is 1. The van der Waals surface area contributed by atoms with Gasteiger partial charge in [0.05, 0.1) is 5.92 Å². The second-order valence-electron chi connectivity index (χ2n) is 9.34. The molecule has 1 aromatic rings. The van der Waals surface area contributed by atoms with Gasteiger partial charge in [0.15, 0.2) is 0 Å². The van der Waals surface area contributed by atoms with Crippen LogP contribution in [0, 0.1) is 24.7 Å². The molecule has 1 aliphatic carbocycles. The van der Waals surface area contributed by atoms with E-state index in [0.717, 1.165) is 11.1 Å². The molecule has 3 unspecified atom stereocenters. The molecule has 0 bridgehead atoms. The van der Waals surface area contributed by atoms with Crippen LogP contribution in [0.2, 0.25) is 0 Å². The molecule has 2 rings (SSSR count). The van der Waals surface area contributed by atoms with Gasteiger partial charge in [0, 0.05) is 17.7 Å². The maximum absolute atomic E-state index is 12.7. The molecule has 24 heavy (non-hydrogen) atoms. The van der Waals surface area contributed by atoms with Crippen LogP contribution in [-0.4, -0.2) is 17.7 Å². The van der Waals surface area contributed by atoms with E-state index < -0.39 is 0 Å². The maximum atomic E-state index is 12.7. The summed E-state index contributed by atoms with van der Waals surface area (Å²) in [6.07, 6.45) is 0. The summed E-state index contributed by atoms with van der Waals surface area (Å²) in [5, 5.41) is 9.36. The van der Waals surface area contributed by atoms with Crippen LogP contribution in [0.4, 0.5) is 0 Å². The molecular weight excluding hydrogens is 300 g/mol. The first-order chi connectivity index (χ1) is 10.9. The molecule has 1 saturated carbocycles. The minimum absolute atomic E-state index is 0.0409. The van der Waals surface area contributed by atoms with Crippen molar-refractivity contribution in [3.05, 3.63) is 28.8 Å². The van der Waals surface area contributed by atoms with Crippen molar-refractivity contribution >= 4 is 5.97 Å². The van der Waals surface area contributed by atoms with E-state index in [1.165, 1.54) is 5.56 Å². The number of benzene rings is 1. The molecule has 1 aromatic carbocycles. The predicted molar refractivity (Wildman–Crippen MR) is 97.4 cm³/mol. The molecule has 1 aliphatic rings. The molecule has 0 aliphatic heterocycles. The van der Waals surface area contributed by atoms with Crippen LogP contribution in [0.5, 0.6) is 5.75 Å². The van der Waals surface area contributed by atoms with Crippen LogP contribution in [0.25, 0.3) is 0 Å². The zero-order valence-corrected chi connectivity index (χ0v) is 16.4. The van der Waals surface area contributed by atoms with Crippen LogP contribution in [0.1, 0.15) is 65.2 Å². The predicted octanol–water partition coefficient (Wildman–Crippen LogP) is 4.37. The first-order valence-electron chi connectivity index (χ1n) is 8.86.